The van der Waals surface area contributed by atoms with Crippen LogP contribution in [-0.4, -0.2) is 47.1 Å². The van der Waals surface area contributed by atoms with Crippen LogP contribution in [0.5, 0.6) is 5.88 Å². The number of hydrogen-bond acceptors (Lipinski definition) is 5. The van der Waals surface area contributed by atoms with Crippen molar-refractivity contribution in [3.05, 3.63) is 68.5 Å². The molecule has 1 saturated heterocycles. The van der Waals surface area contributed by atoms with Crippen LogP contribution in [0.4, 0.5) is 11.4 Å². The summed E-state index contributed by atoms with van der Waals surface area (Å²) in [4.78, 5) is 29.1. The number of carbonyl (C=O) groups is 1. The van der Waals surface area contributed by atoms with Crippen LogP contribution >= 0.6 is 0 Å². The Bertz CT molecular complexity index is 1110. The highest BCUT2D eigenvalue weighted by Crippen LogP contribution is 2.31. The Hall–Kier alpha value is -3.79. The average molecular weight is 407 g/mol. The fourth-order valence-electron chi connectivity index (χ4n) is 3.24. The van der Waals surface area contributed by atoms with Gasteiger partial charge in [0.15, 0.2) is 5.88 Å². The molecule has 0 saturated carbocycles. The highest BCUT2D eigenvalue weighted by Gasteiger charge is 2.19. The van der Waals surface area contributed by atoms with Crippen molar-refractivity contribution < 1.29 is 19.7 Å². The zero-order valence-corrected chi connectivity index (χ0v) is 16.5. The molecule has 2 aromatic rings. The van der Waals surface area contributed by atoms with Crippen molar-refractivity contribution in [1.82, 2.24) is 4.57 Å². The Balaban J connectivity index is 1.91. The van der Waals surface area contributed by atoms with Crippen LogP contribution in [0.1, 0.15) is 16.7 Å². The van der Waals surface area contributed by atoms with Gasteiger partial charge in [-0.2, -0.15) is 0 Å². The lowest BCUT2D eigenvalue weighted by atomic mass is 10.1. The fraction of sp³-hybridized carbons (Fsp3) is 0.273. The highest BCUT2D eigenvalue weighted by molar-refractivity contribution is 5.72. The lowest BCUT2D eigenvalue weighted by Crippen LogP contribution is -2.36. The minimum absolute atomic E-state index is 0.112. The van der Waals surface area contributed by atoms with Crippen LogP contribution < -0.4 is 10.5 Å². The third-order valence-corrected chi connectivity index (χ3v) is 4.85. The monoisotopic (exact) mass is 407 g/mol. The van der Waals surface area contributed by atoms with Gasteiger partial charge in [0.25, 0.3) is 5.56 Å². The first-order valence-corrected chi connectivity index (χ1v) is 9.33. The zero-order valence-electron chi connectivity index (χ0n) is 16.5. The van der Waals surface area contributed by atoms with E-state index in [1.807, 2.05) is 24.3 Å². The van der Waals surface area contributed by atoms with E-state index in [1.54, 1.807) is 6.08 Å². The maximum absolute atomic E-state index is 12.6. The Morgan fingerprint density at radius 2 is 1.93 bits per heavy atom. The molecule has 8 nitrogen and oxygen atoms in total. The molecule has 154 valence electrons. The number of carboxylic acids is 1. The number of nitrogens with zero attached hydrogens (tertiary/aromatic N) is 3. The first-order valence-electron chi connectivity index (χ1n) is 9.33. The largest absolute Gasteiger partial charge is 0.503 e. The van der Waals surface area contributed by atoms with Gasteiger partial charge < -0.3 is 19.8 Å². The number of hydrogen-bond donors (Lipinski definition) is 2. The number of aromatic nitrogens is 1. The highest BCUT2D eigenvalue weighted by atomic mass is 16.5. The standard InChI is InChI=1S/C22H21N3O5/c1-15-18(21(28)25(14-19(26)27)22(29)20(15)23-2)5-3-4-16-6-8-17(9-7-16)24-10-12-30-13-11-24/h4-9,29H,10-14H2,1H3,(H,26,27). The van der Waals surface area contributed by atoms with Gasteiger partial charge in [-0.25, -0.2) is 4.85 Å². The number of morpholine rings is 1. The van der Waals surface area contributed by atoms with Crippen LogP contribution in [-0.2, 0) is 16.1 Å². The van der Waals surface area contributed by atoms with Gasteiger partial charge in [-0.05, 0) is 42.3 Å². The van der Waals surface area contributed by atoms with Crippen LogP contribution in [0.3, 0.4) is 0 Å². The van der Waals surface area contributed by atoms with Gasteiger partial charge in [0.2, 0.25) is 5.69 Å². The molecule has 3 rings (SSSR count). The van der Waals surface area contributed by atoms with Crippen molar-refractivity contribution >= 4 is 29.5 Å². The van der Waals surface area contributed by atoms with Crippen LogP contribution in [0, 0.1) is 13.5 Å². The van der Waals surface area contributed by atoms with E-state index >= 15 is 0 Å². The molecule has 1 fully saturated rings. The average Bonchev–Trinajstić information content (AvgIpc) is 2.75. The molecule has 0 spiro atoms. The molecule has 1 aromatic carbocycles. The third-order valence-electron chi connectivity index (χ3n) is 4.85. The third kappa shape index (κ3) is 4.44. The van der Waals surface area contributed by atoms with Gasteiger partial charge in [-0.1, -0.05) is 12.1 Å². The van der Waals surface area contributed by atoms with Crippen LogP contribution in [0.15, 0.2) is 34.8 Å². The Morgan fingerprint density at radius 1 is 1.27 bits per heavy atom. The summed E-state index contributed by atoms with van der Waals surface area (Å²) in [5, 5.41) is 19.1. The lowest BCUT2D eigenvalue weighted by Gasteiger charge is -2.28. The number of benzene rings is 1. The van der Waals surface area contributed by atoms with Crippen molar-refractivity contribution in [3.63, 3.8) is 0 Å². The maximum Gasteiger partial charge on any atom is 0.323 e. The predicted molar refractivity (Wildman–Crippen MR) is 113 cm³/mol. The molecule has 0 atom stereocenters. The van der Waals surface area contributed by atoms with Crippen molar-refractivity contribution in [3.8, 4) is 5.88 Å². The van der Waals surface area contributed by atoms with Crippen molar-refractivity contribution in [2.75, 3.05) is 31.2 Å². The van der Waals surface area contributed by atoms with Gasteiger partial charge in [-0.3, -0.25) is 14.2 Å². The summed E-state index contributed by atoms with van der Waals surface area (Å²) in [6, 6.07) is 7.87. The van der Waals surface area contributed by atoms with E-state index in [-0.39, 0.29) is 16.8 Å². The molecular weight excluding hydrogens is 386 g/mol. The smallest absolute Gasteiger partial charge is 0.323 e. The van der Waals surface area contributed by atoms with E-state index in [2.05, 4.69) is 15.5 Å². The first kappa shape index (κ1) is 20.9. The summed E-state index contributed by atoms with van der Waals surface area (Å²) in [7, 11) is 0. The number of carboxylic acid groups (broad SMARTS) is 1. The fourth-order valence-corrected chi connectivity index (χ4v) is 3.24. The van der Waals surface area contributed by atoms with Gasteiger partial charge in [0, 0.05) is 24.3 Å². The number of pyridine rings is 1. The molecule has 2 N–H and O–H groups in total. The SMILES string of the molecule is [C-]#[N+]c1c(C)c(C=C=Cc2ccc(N3CCOCC3)cc2)c(=O)n(CC(=O)O)c1O. The van der Waals surface area contributed by atoms with Crippen LogP contribution in [0.2, 0.25) is 0 Å². The second kappa shape index (κ2) is 9.14. The first-order chi connectivity index (χ1) is 14.4. The van der Waals surface area contributed by atoms with Crippen molar-refractivity contribution in [2.24, 2.45) is 0 Å². The van der Waals surface area contributed by atoms with Gasteiger partial charge >= 0.3 is 5.97 Å². The summed E-state index contributed by atoms with van der Waals surface area (Å²) < 4.78 is 6.03. The van der Waals surface area contributed by atoms with Gasteiger partial charge in [-0.15, -0.1) is 5.73 Å². The van der Waals surface area contributed by atoms with Crippen LogP contribution in [0.25, 0.3) is 17.0 Å². The van der Waals surface area contributed by atoms with E-state index in [9.17, 15) is 14.7 Å². The predicted octanol–water partition coefficient (Wildman–Crippen LogP) is 2.66. The second-order valence-electron chi connectivity index (χ2n) is 6.75. The number of ether oxygens (including phenoxy) is 1. The molecule has 0 amide bonds. The normalized spacial score (nSPS) is 13.3. The zero-order chi connectivity index (χ0) is 21.7. The van der Waals surface area contributed by atoms with Crippen molar-refractivity contribution in [2.45, 2.75) is 13.5 Å². The molecule has 1 aromatic heterocycles. The maximum atomic E-state index is 12.6. The van der Waals surface area contributed by atoms with Gasteiger partial charge in [0.1, 0.15) is 6.54 Å². The molecule has 30 heavy (non-hydrogen) atoms. The number of rotatable bonds is 5. The summed E-state index contributed by atoms with van der Waals surface area (Å²) in [5.41, 5.74) is 4.44. The topological polar surface area (TPSA) is 96.4 Å². The Labute approximate surface area is 173 Å². The van der Waals surface area contributed by atoms with E-state index < -0.39 is 24.0 Å². The summed E-state index contributed by atoms with van der Waals surface area (Å²) >= 11 is 0. The summed E-state index contributed by atoms with van der Waals surface area (Å²) in [6.45, 7) is 11.2. The molecule has 1 aliphatic heterocycles. The Kier molecular flexibility index (Phi) is 6.38. The quantitative estimate of drug-likeness (QED) is 0.584. The molecule has 8 heteroatoms. The lowest BCUT2D eigenvalue weighted by molar-refractivity contribution is -0.137. The van der Waals surface area contributed by atoms with E-state index in [1.165, 1.54) is 13.0 Å². The molecule has 1 aliphatic rings. The van der Waals surface area contributed by atoms with E-state index in [0.717, 1.165) is 24.3 Å². The van der Waals surface area contributed by atoms with E-state index in [4.69, 9.17) is 16.4 Å². The minimum Gasteiger partial charge on any atom is -0.503 e. The molecular formula is C22H21N3O5. The molecule has 0 bridgehead atoms. The Morgan fingerprint density at radius 3 is 2.53 bits per heavy atom. The number of aromatic hydroxyl groups is 1. The molecule has 0 radical (unpaired) electrons. The second-order valence-corrected chi connectivity index (χ2v) is 6.75. The number of aliphatic carboxylic acids is 1. The minimum atomic E-state index is -1.29. The van der Waals surface area contributed by atoms with Gasteiger partial charge in [0.05, 0.1) is 19.8 Å². The number of anilines is 1. The molecule has 0 unspecified atom stereocenters. The summed E-state index contributed by atoms with van der Waals surface area (Å²) in [6.07, 6.45) is 3.09. The molecule has 2 heterocycles. The van der Waals surface area contributed by atoms with E-state index in [0.29, 0.717) is 17.8 Å². The summed E-state index contributed by atoms with van der Waals surface area (Å²) in [5.74, 6) is -1.94. The molecule has 0 aliphatic carbocycles. The van der Waals surface area contributed by atoms with Crippen molar-refractivity contribution in [1.29, 1.82) is 0 Å².